The highest BCUT2D eigenvalue weighted by Crippen LogP contribution is 2.22. The Morgan fingerprint density at radius 3 is 2.43 bits per heavy atom. The first kappa shape index (κ1) is 17.5. The van der Waals surface area contributed by atoms with E-state index in [1.807, 2.05) is 0 Å². The minimum atomic E-state index is -0.387. The van der Waals surface area contributed by atoms with Crippen molar-refractivity contribution in [2.45, 2.75) is 6.54 Å². The molecule has 0 aromatic heterocycles. The summed E-state index contributed by atoms with van der Waals surface area (Å²) in [6.45, 7) is 0.406. The van der Waals surface area contributed by atoms with Crippen molar-refractivity contribution in [1.82, 2.24) is 4.90 Å². The summed E-state index contributed by atoms with van der Waals surface area (Å²) in [6, 6.07) is 12.1. The van der Waals surface area contributed by atoms with Crippen molar-refractivity contribution in [3.05, 3.63) is 68.7 Å². The van der Waals surface area contributed by atoms with Crippen LogP contribution in [0.1, 0.15) is 26.3 Å². The number of nitrogens with zero attached hydrogens (tertiary/aromatic N) is 1. The van der Waals surface area contributed by atoms with Crippen molar-refractivity contribution < 1.29 is 14.3 Å². The van der Waals surface area contributed by atoms with Crippen LogP contribution in [-0.4, -0.2) is 30.9 Å². The summed E-state index contributed by atoms with van der Waals surface area (Å²) in [5.74, 6) is -0.560. The van der Waals surface area contributed by atoms with Crippen molar-refractivity contribution >= 4 is 39.4 Å². The molecule has 2 aromatic carbocycles. The van der Waals surface area contributed by atoms with E-state index in [1.165, 1.54) is 7.11 Å². The molecular weight excluding hydrogens is 382 g/mol. The zero-order valence-electron chi connectivity index (χ0n) is 12.7. The molecule has 0 spiro atoms. The molecule has 2 aromatic rings. The first-order chi connectivity index (χ1) is 10.9. The number of benzene rings is 2. The summed E-state index contributed by atoms with van der Waals surface area (Å²) in [5.41, 5.74) is 1.81. The van der Waals surface area contributed by atoms with E-state index < -0.39 is 0 Å². The molecule has 4 nitrogen and oxygen atoms in total. The van der Waals surface area contributed by atoms with Gasteiger partial charge in [-0.1, -0.05) is 39.7 Å². The lowest BCUT2D eigenvalue weighted by atomic mass is 10.1. The van der Waals surface area contributed by atoms with Crippen LogP contribution in [0.25, 0.3) is 0 Å². The minimum Gasteiger partial charge on any atom is -0.465 e. The lowest BCUT2D eigenvalue weighted by Gasteiger charge is -2.18. The van der Waals surface area contributed by atoms with Gasteiger partial charge in [0.15, 0.2) is 0 Å². The van der Waals surface area contributed by atoms with E-state index in [0.29, 0.717) is 22.7 Å². The third-order valence-electron chi connectivity index (χ3n) is 3.30. The number of halogens is 2. The van der Waals surface area contributed by atoms with Gasteiger partial charge in [-0.15, -0.1) is 0 Å². The zero-order chi connectivity index (χ0) is 17.0. The second-order valence-corrected chi connectivity index (χ2v) is 6.30. The summed E-state index contributed by atoms with van der Waals surface area (Å²) >= 11 is 9.43. The largest absolute Gasteiger partial charge is 0.465 e. The molecule has 0 bridgehead atoms. The van der Waals surface area contributed by atoms with Crippen LogP contribution in [0.15, 0.2) is 46.9 Å². The van der Waals surface area contributed by atoms with Crippen molar-refractivity contribution in [3.8, 4) is 0 Å². The Balaban J connectivity index is 2.12. The SMILES string of the molecule is COC(=O)c1ccc(CN(C)C(=O)c2cc(Br)ccc2Cl)cc1. The lowest BCUT2D eigenvalue weighted by Crippen LogP contribution is -2.26. The molecule has 0 aliphatic rings. The van der Waals surface area contributed by atoms with Crippen LogP contribution in [0.2, 0.25) is 5.02 Å². The van der Waals surface area contributed by atoms with Crippen LogP contribution in [0.3, 0.4) is 0 Å². The van der Waals surface area contributed by atoms with Crippen LogP contribution in [0.5, 0.6) is 0 Å². The summed E-state index contributed by atoms with van der Waals surface area (Å²) in [7, 11) is 3.04. The Bertz CT molecular complexity index is 731. The fourth-order valence-electron chi connectivity index (χ4n) is 2.08. The first-order valence-electron chi connectivity index (χ1n) is 6.80. The van der Waals surface area contributed by atoms with E-state index >= 15 is 0 Å². The third-order valence-corrected chi connectivity index (χ3v) is 4.12. The Morgan fingerprint density at radius 2 is 1.83 bits per heavy atom. The van der Waals surface area contributed by atoms with Crippen LogP contribution in [0.4, 0.5) is 0 Å². The van der Waals surface area contributed by atoms with E-state index in [4.69, 9.17) is 11.6 Å². The molecule has 0 aliphatic carbocycles. The fraction of sp³-hybridized carbons (Fsp3) is 0.176. The van der Waals surface area contributed by atoms with Gasteiger partial charge < -0.3 is 9.64 Å². The Labute approximate surface area is 148 Å². The normalized spacial score (nSPS) is 10.3. The van der Waals surface area contributed by atoms with Crippen molar-refractivity contribution in [3.63, 3.8) is 0 Å². The topological polar surface area (TPSA) is 46.6 Å². The van der Waals surface area contributed by atoms with E-state index in [-0.39, 0.29) is 11.9 Å². The van der Waals surface area contributed by atoms with Gasteiger partial charge in [-0.2, -0.15) is 0 Å². The smallest absolute Gasteiger partial charge is 0.337 e. The second kappa shape index (κ2) is 7.62. The summed E-state index contributed by atoms with van der Waals surface area (Å²) in [4.78, 5) is 25.5. The second-order valence-electron chi connectivity index (χ2n) is 4.97. The minimum absolute atomic E-state index is 0.173. The fourth-order valence-corrected chi connectivity index (χ4v) is 2.64. The summed E-state index contributed by atoms with van der Waals surface area (Å²) in [6.07, 6.45) is 0. The van der Waals surface area contributed by atoms with Crippen LogP contribution in [0, 0.1) is 0 Å². The molecule has 0 atom stereocenters. The van der Waals surface area contributed by atoms with Gasteiger partial charge in [0.05, 0.1) is 23.3 Å². The van der Waals surface area contributed by atoms with Crippen molar-refractivity contribution in [2.24, 2.45) is 0 Å². The van der Waals surface area contributed by atoms with E-state index in [9.17, 15) is 9.59 Å². The molecule has 23 heavy (non-hydrogen) atoms. The molecule has 0 heterocycles. The van der Waals surface area contributed by atoms with Crippen molar-refractivity contribution in [1.29, 1.82) is 0 Å². The van der Waals surface area contributed by atoms with Gasteiger partial charge >= 0.3 is 5.97 Å². The zero-order valence-corrected chi connectivity index (χ0v) is 15.0. The molecule has 120 valence electrons. The molecule has 0 radical (unpaired) electrons. The number of carbonyl (C=O) groups excluding carboxylic acids is 2. The van der Waals surface area contributed by atoms with Gasteiger partial charge in [-0.3, -0.25) is 4.79 Å². The summed E-state index contributed by atoms with van der Waals surface area (Å²) in [5, 5.41) is 0.408. The van der Waals surface area contributed by atoms with Gasteiger partial charge in [0.2, 0.25) is 0 Å². The Hall–Kier alpha value is -1.85. The number of hydrogen-bond acceptors (Lipinski definition) is 3. The highest BCUT2D eigenvalue weighted by Gasteiger charge is 2.16. The van der Waals surface area contributed by atoms with Crippen molar-refractivity contribution in [2.75, 3.05) is 14.2 Å². The molecule has 0 unspecified atom stereocenters. The standard InChI is InChI=1S/C17H15BrClNO3/c1-20(16(21)14-9-13(18)7-8-15(14)19)10-11-3-5-12(6-4-11)17(22)23-2/h3-9H,10H2,1-2H3. The number of methoxy groups -OCH3 is 1. The molecule has 0 saturated carbocycles. The molecule has 6 heteroatoms. The van der Waals surface area contributed by atoms with Gasteiger partial charge in [0.25, 0.3) is 5.91 Å². The predicted octanol–water partition coefficient (Wildman–Crippen LogP) is 4.16. The molecule has 0 fully saturated rings. The molecule has 2 rings (SSSR count). The molecule has 1 amide bonds. The molecule has 0 aliphatic heterocycles. The average molecular weight is 397 g/mol. The van der Waals surface area contributed by atoms with E-state index in [0.717, 1.165) is 10.0 Å². The summed E-state index contributed by atoms with van der Waals surface area (Å²) < 4.78 is 5.45. The highest BCUT2D eigenvalue weighted by atomic mass is 79.9. The highest BCUT2D eigenvalue weighted by molar-refractivity contribution is 9.10. The quantitative estimate of drug-likeness (QED) is 0.729. The van der Waals surface area contributed by atoms with Crippen LogP contribution in [-0.2, 0) is 11.3 Å². The van der Waals surface area contributed by atoms with Gasteiger partial charge in [-0.05, 0) is 35.9 Å². The number of carbonyl (C=O) groups is 2. The maximum atomic E-state index is 12.5. The van der Waals surface area contributed by atoms with Gasteiger partial charge in [0, 0.05) is 18.1 Å². The maximum absolute atomic E-state index is 12.5. The molecular formula is C17H15BrClNO3. The van der Waals surface area contributed by atoms with Crippen LogP contribution >= 0.6 is 27.5 Å². The number of rotatable bonds is 4. The Kier molecular flexibility index (Phi) is 5.80. The molecule has 0 saturated heterocycles. The third kappa shape index (κ3) is 4.33. The Morgan fingerprint density at radius 1 is 1.17 bits per heavy atom. The van der Waals surface area contributed by atoms with E-state index in [1.54, 1.807) is 54.4 Å². The first-order valence-corrected chi connectivity index (χ1v) is 7.97. The average Bonchev–Trinajstić information content (AvgIpc) is 2.56. The van der Waals surface area contributed by atoms with Gasteiger partial charge in [-0.25, -0.2) is 4.79 Å². The van der Waals surface area contributed by atoms with E-state index in [2.05, 4.69) is 20.7 Å². The predicted molar refractivity (Wildman–Crippen MR) is 92.7 cm³/mol. The lowest BCUT2D eigenvalue weighted by molar-refractivity contribution is 0.0600. The number of amides is 1. The molecule has 0 N–H and O–H groups in total. The van der Waals surface area contributed by atoms with Gasteiger partial charge in [0.1, 0.15) is 0 Å². The number of hydrogen-bond donors (Lipinski definition) is 0. The van der Waals surface area contributed by atoms with Crippen LogP contribution < -0.4 is 0 Å². The monoisotopic (exact) mass is 395 g/mol. The number of esters is 1. The maximum Gasteiger partial charge on any atom is 0.337 e. The number of ether oxygens (including phenoxy) is 1.